The van der Waals surface area contributed by atoms with Crippen LogP contribution in [0, 0.1) is 13.8 Å². The quantitative estimate of drug-likeness (QED) is 0.792. The molecule has 0 atom stereocenters. The molecule has 2 aromatic rings. The summed E-state index contributed by atoms with van der Waals surface area (Å²) in [5, 5.41) is 3.08. The number of aryl methyl sites for hydroxylation is 2. The largest absolute Gasteiger partial charge is 0.465 e. The summed E-state index contributed by atoms with van der Waals surface area (Å²) in [5.41, 5.74) is 4.13. The third-order valence-corrected chi connectivity index (χ3v) is 3.99. The summed E-state index contributed by atoms with van der Waals surface area (Å²) in [7, 11) is 1.91. The molecule has 0 bridgehead atoms. The molecule has 0 saturated heterocycles. The molecule has 0 aromatic carbocycles. The minimum Gasteiger partial charge on any atom is -0.465 e. The highest BCUT2D eigenvalue weighted by Crippen LogP contribution is 2.16. The highest BCUT2D eigenvalue weighted by Gasteiger charge is 2.07. The van der Waals surface area contributed by atoms with Gasteiger partial charge < -0.3 is 14.5 Å². The number of nitrogens with zero attached hydrogens (tertiary/aromatic N) is 1. The van der Waals surface area contributed by atoms with Crippen LogP contribution < -0.4 is 5.32 Å². The number of rotatable bonds is 7. The lowest BCUT2D eigenvalue weighted by Crippen LogP contribution is -2.03. The van der Waals surface area contributed by atoms with Crippen molar-refractivity contribution in [2.24, 2.45) is 0 Å². The summed E-state index contributed by atoms with van der Waals surface area (Å²) in [5.74, 6) is 1.90. The normalized spacial score (nSPS) is 11.1. The maximum Gasteiger partial charge on any atom is 0.118 e. The predicted molar refractivity (Wildman–Crippen MR) is 76.4 cm³/mol. The fraction of sp³-hybridized carbons (Fsp3) is 0.500. The second kappa shape index (κ2) is 6.84. The van der Waals surface area contributed by atoms with Crippen molar-refractivity contribution in [1.29, 1.82) is 0 Å². The summed E-state index contributed by atoms with van der Waals surface area (Å²) in [6.07, 6.45) is 0.927. The summed E-state index contributed by atoms with van der Waals surface area (Å²) in [6, 6.07) is 2.06. The van der Waals surface area contributed by atoms with Crippen molar-refractivity contribution >= 4 is 11.3 Å². The monoisotopic (exact) mass is 280 g/mol. The molecule has 19 heavy (non-hydrogen) atoms. The van der Waals surface area contributed by atoms with Crippen molar-refractivity contribution in [3.8, 4) is 0 Å². The van der Waals surface area contributed by atoms with Crippen LogP contribution in [0.15, 0.2) is 16.0 Å². The SMILES string of the molecule is CNCc1cc(COCCc2scnc2C)c(C)o1. The Morgan fingerprint density at radius 1 is 1.42 bits per heavy atom. The Bertz CT molecular complexity index is 519. The first-order chi connectivity index (χ1) is 9.20. The Morgan fingerprint density at radius 3 is 2.95 bits per heavy atom. The van der Waals surface area contributed by atoms with Crippen LogP contribution in [0.25, 0.3) is 0 Å². The third-order valence-electron chi connectivity index (χ3n) is 3.00. The summed E-state index contributed by atoms with van der Waals surface area (Å²) in [4.78, 5) is 5.54. The average molecular weight is 280 g/mol. The molecule has 2 heterocycles. The number of furan rings is 1. The Hall–Kier alpha value is -1.17. The lowest BCUT2D eigenvalue weighted by Gasteiger charge is -2.02. The lowest BCUT2D eigenvalue weighted by atomic mass is 10.2. The van der Waals surface area contributed by atoms with Gasteiger partial charge in [0.1, 0.15) is 11.5 Å². The topological polar surface area (TPSA) is 47.3 Å². The molecule has 0 fully saturated rings. The van der Waals surface area contributed by atoms with Crippen molar-refractivity contribution in [1.82, 2.24) is 10.3 Å². The van der Waals surface area contributed by atoms with E-state index in [0.717, 1.165) is 42.4 Å². The van der Waals surface area contributed by atoms with Crippen LogP contribution in [0.5, 0.6) is 0 Å². The van der Waals surface area contributed by atoms with Gasteiger partial charge in [-0.2, -0.15) is 0 Å². The van der Waals surface area contributed by atoms with Gasteiger partial charge >= 0.3 is 0 Å². The molecular weight excluding hydrogens is 260 g/mol. The van der Waals surface area contributed by atoms with Crippen LogP contribution in [0.3, 0.4) is 0 Å². The molecular formula is C14H20N2O2S. The maximum absolute atomic E-state index is 5.72. The van der Waals surface area contributed by atoms with Crippen LogP contribution in [0.1, 0.15) is 27.7 Å². The molecule has 104 valence electrons. The molecule has 0 aliphatic rings. The molecule has 4 nitrogen and oxygen atoms in total. The molecule has 0 radical (unpaired) electrons. The maximum atomic E-state index is 5.72. The molecule has 0 unspecified atom stereocenters. The van der Waals surface area contributed by atoms with Gasteiger partial charge in [-0.25, -0.2) is 4.98 Å². The van der Waals surface area contributed by atoms with Crippen LogP contribution in [-0.2, 0) is 24.3 Å². The van der Waals surface area contributed by atoms with Crippen molar-refractivity contribution in [2.45, 2.75) is 33.4 Å². The molecule has 2 rings (SSSR count). The first-order valence-corrected chi connectivity index (χ1v) is 7.28. The van der Waals surface area contributed by atoms with Gasteiger partial charge in [-0.1, -0.05) is 0 Å². The van der Waals surface area contributed by atoms with E-state index >= 15 is 0 Å². The second-order valence-corrected chi connectivity index (χ2v) is 5.43. The first-order valence-electron chi connectivity index (χ1n) is 6.40. The average Bonchev–Trinajstić information content (AvgIpc) is 2.93. The van der Waals surface area contributed by atoms with E-state index in [0.29, 0.717) is 6.61 Å². The Kier molecular flexibility index (Phi) is 5.13. The van der Waals surface area contributed by atoms with Gasteiger partial charge in [0.05, 0.1) is 31.0 Å². The van der Waals surface area contributed by atoms with E-state index in [2.05, 4.69) is 16.4 Å². The van der Waals surface area contributed by atoms with Gasteiger partial charge in [-0.15, -0.1) is 11.3 Å². The molecule has 5 heteroatoms. The van der Waals surface area contributed by atoms with E-state index in [9.17, 15) is 0 Å². The van der Waals surface area contributed by atoms with Gasteiger partial charge in [0, 0.05) is 16.9 Å². The number of hydrogen-bond donors (Lipinski definition) is 1. The zero-order chi connectivity index (χ0) is 13.7. The third kappa shape index (κ3) is 3.89. The van der Waals surface area contributed by atoms with E-state index in [1.165, 1.54) is 4.88 Å². The minimum atomic E-state index is 0.608. The predicted octanol–water partition coefficient (Wildman–Crippen LogP) is 2.83. The Morgan fingerprint density at radius 2 is 2.26 bits per heavy atom. The Labute approximate surface area is 117 Å². The molecule has 0 aliphatic heterocycles. The highest BCUT2D eigenvalue weighted by atomic mass is 32.1. The van der Waals surface area contributed by atoms with Crippen molar-refractivity contribution in [3.63, 3.8) is 0 Å². The first kappa shape index (κ1) is 14.2. The number of hydrogen-bond acceptors (Lipinski definition) is 5. The van der Waals surface area contributed by atoms with Crippen LogP contribution in [0.4, 0.5) is 0 Å². The Balaban J connectivity index is 1.78. The van der Waals surface area contributed by atoms with E-state index in [1.807, 2.05) is 26.4 Å². The number of thiazole rings is 1. The van der Waals surface area contributed by atoms with E-state index in [1.54, 1.807) is 11.3 Å². The van der Waals surface area contributed by atoms with Crippen LogP contribution in [0.2, 0.25) is 0 Å². The van der Waals surface area contributed by atoms with E-state index in [4.69, 9.17) is 9.15 Å². The summed E-state index contributed by atoms with van der Waals surface area (Å²) < 4.78 is 11.3. The van der Waals surface area contributed by atoms with Crippen molar-refractivity contribution in [2.75, 3.05) is 13.7 Å². The molecule has 0 spiro atoms. The smallest absolute Gasteiger partial charge is 0.118 e. The fourth-order valence-electron chi connectivity index (χ4n) is 1.91. The molecule has 0 amide bonds. The number of ether oxygens (including phenoxy) is 1. The summed E-state index contributed by atoms with van der Waals surface area (Å²) >= 11 is 1.69. The van der Waals surface area contributed by atoms with E-state index in [-0.39, 0.29) is 0 Å². The molecule has 0 aliphatic carbocycles. The molecule has 2 aromatic heterocycles. The summed E-state index contributed by atoms with van der Waals surface area (Å²) in [6.45, 7) is 6.09. The lowest BCUT2D eigenvalue weighted by molar-refractivity contribution is 0.123. The zero-order valence-electron chi connectivity index (χ0n) is 11.7. The van der Waals surface area contributed by atoms with Gasteiger partial charge in [0.15, 0.2) is 0 Å². The standard InChI is InChI=1S/C14H20N2O2S/c1-10-14(19-9-16-10)4-5-17-8-12-6-13(7-15-3)18-11(12)2/h6,9,15H,4-5,7-8H2,1-3H3. The number of aromatic nitrogens is 1. The van der Waals surface area contributed by atoms with Crippen LogP contribution >= 0.6 is 11.3 Å². The van der Waals surface area contributed by atoms with Crippen LogP contribution in [-0.4, -0.2) is 18.6 Å². The fourth-order valence-corrected chi connectivity index (χ4v) is 2.67. The van der Waals surface area contributed by atoms with Gasteiger partial charge in [0.2, 0.25) is 0 Å². The molecule has 1 N–H and O–H groups in total. The minimum absolute atomic E-state index is 0.608. The van der Waals surface area contributed by atoms with Gasteiger partial charge in [-0.3, -0.25) is 0 Å². The van der Waals surface area contributed by atoms with Gasteiger partial charge in [0.25, 0.3) is 0 Å². The highest BCUT2D eigenvalue weighted by molar-refractivity contribution is 7.09. The second-order valence-electron chi connectivity index (χ2n) is 4.49. The number of nitrogens with one attached hydrogen (secondary N) is 1. The van der Waals surface area contributed by atoms with E-state index < -0.39 is 0 Å². The van der Waals surface area contributed by atoms with Crippen molar-refractivity contribution < 1.29 is 9.15 Å². The zero-order valence-corrected chi connectivity index (χ0v) is 12.5. The van der Waals surface area contributed by atoms with Gasteiger partial charge in [-0.05, 0) is 27.0 Å². The molecule has 0 saturated carbocycles. The van der Waals surface area contributed by atoms with Crippen molar-refractivity contribution in [3.05, 3.63) is 39.2 Å².